The third-order valence-electron chi connectivity index (χ3n) is 3.93. The van der Waals surface area contributed by atoms with Crippen molar-refractivity contribution in [3.8, 4) is 0 Å². The molecule has 2 aromatic heterocycles. The van der Waals surface area contributed by atoms with E-state index < -0.39 is 0 Å². The molecule has 2 amide bonds. The molecule has 0 fully saturated rings. The van der Waals surface area contributed by atoms with Crippen LogP contribution in [0.3, 0.4) is 0 Å². The number of amides is 2. The zero-order chi connectivity index (χ0) is 18.0. The Morgan fingerprint density at radius 1 is 1.24 bits per heavy atom. The van der Waals surface area contributed by atoms with Crippen LogP contribution in [0.4, 0.5) is 16.3 Å². The second-order valence-electron chi connectivity index (χ2n) is 6.20. The Labute approximate surface area is 146 Å². The molecule has 0 spiro atoms. The lowest BCUT2D eigenvalue weighted by Gasteiger charge is -2.17. The molecule has 25 heavy (non-hydrogen) atoms. The number of hydrogen-bond donors (Lipinski definition) is 2. The first-order valence-corrected chi connectivity index (χ1v) is 8.04. The number of nitrogens with one attached hydrogen (secondary N) is 2. The summed E-state index contributed by atoms with van der Waals surface area (Å²) in [5, 5.41) is 5.73. The summed E-state index contributed by atoms with van der Waals surface area (Å²) in [5.74, 6) is 0.727. The van der Waals surface area contributed by atoms with Gasteiger partial charge >= 0.3 is 6.03 Å². The van der Waals surface area contributed by atoms with E-state index in [0.717, 1.165) is 28.1 Å². The van der Waals surface area contributed by atoms with E-state index >= 15 is 0 Å². The van der Waals surface area contributed by atoms with Gasteiger partial charge in [0.2, 0.25) is 0 Å². The smallest absolute Gasteiger partial charge is 0.319 e. The number of carbonyl (C=O) groups is 1. The normalized spacial score (nSPS) is 10.7. The lowest BCUT2D eigenvalue weighted by molar-refractivity contribution is 0.251. The summed E-state index contributed by atoms with van der Waals surface area (Å²) in [5.41, 5.74) is 4.55. The van der Waals surface area contributed by atoms with Gasteiger partial charge in [-0.15, -0.1) is 0 Å². The summed E-state index contributed by atoms with van der Waals surface area (Å²) >= 11 is 0. The van der Waals surface area contributed by atoms with Gasteiger partial charge in [0.25, 0.3) is 0 Å². The summed E-state index contributed by atoms with van der Waals surface area (Å²) in [6.45, 7) is 2.35. The standard InChI is InChI=1S/C18H22N6O/c1-12-5-7-14(17(21-12)23(2)3)22-18(25)19-10-13-6-8-16-15(9-13)20-11-24(16)4/h5-9,11H,10H2,1-4H3,(H2,19,22,25). The molecule has 0 radical (unpaired) electrons. The number of imidazole rings is 1. The van der Waals surface area contributed by atoms with Gasteiger partial charge in [-0.2, -0.15) is 0 Å². The molecule has 7 nitrogen and oxygen atoms in total. The average molecular weight is 338 g/mol. The topological polar surface area (TPSA) is 75.1 Å². The van der Waals surface area contributed by atoms with Crippen molar-refractivity contribution in [2.75, 3.05) is 24.3 Å². The van der Waals surface area contributed by atoms with Crippen molar-refractivity contribution in [2.45, 2.75) is 13.5 Å². The average Bonchev–Trinajstić information content (AvgIpc) is 2.95. The highest BCUT2D eigenvalue weighted by molar-refractivity contribution is 5.92. The van der Waals surface area contributed by atoms with Gasteiger partial charge in [0.1, 0.15) is 0 Å². The lowest BCUT2D eigenvalue weighted by Crippen LogP contribution is -2.29. The molecule has 0 saturated carbocycles. The first-order valence-electron chi connectivity index (χ1n) is 8.04. The minimum Gasteiger partial charge on any atom is -0.361 e. The van der Waals surface area contributed by atoms with E-state index in [1.165, 1.54) is 0 Å². The first kappa shape index (κ1) is 16.8. The van der Waals surface area contributed by atoms with Crippen molar-refractivity contribution in [3.05, 3.63) is 47.9 Å². The van der Waals surface area contributed by atoms with Crippen molar-refractivity contribution in [2.24, 2.45) is 7.05 Å². The molecule has 2 heterocycles. The molecule has 3 rings (SSSR count). The summed E-state index contributed by atoms with van der Waals surface area (Å²) in [6, 6.07) is 9.44. The molecule has 0 aliphatic rings. The molecule has 1 aromatic carbocycles. The molecule has 0 saturated heterocycles. The number of aromatic nitrogens is 3. The largest absolute Gasteiger partial charge is 0.361 e. The molecule has 0 bridgehead atoms. The van der Waals surface area contributed by atoms with Crippen molar-refractivity contribution in [1.29, 1.82) is 0 Å². The zero-order valence-corrected chi connectivity index (χ0v) is 14.9. The van der Waals surface area contributed by atoms with Gasteiger partial charge in [-0.05, 0) is 36.8 Å². The Bertz CT molecular complexity index is 915. The van der Waals surface area contributed by atoms with Crippen LogP contribution in [-0.4, -0.2) is 34.7 Å². The monoisotopic (exact) mass is 338 g/mol. The molecule has 7 heteroatoms. The van der Waals surface area contributed by atoms with E-state index in [1.807, 2.05) is 67.9 Å². The fraction of sp³-hybridized carbons (Fsp3) is 0.278. The van der Waals surface area contributed by atoms with E-state index in [2.05, 4.69) is 20.6 Å². The number of rotatable bonds is 4. The Morgan fingerprint density at radius 2 is 2.04 bits per heavy atom. The third kappa shape index (κ3) is 3.71. The second-order valence-corrected chi connectivity index (χ2v) is 6.20. The van der Waals surface area contributed by atoms with Crippen LogP contribution in [0.1, 0.15) is 11.3 Å². The van der Waals surface area contributed by atoms with E-state index in [9.17, 15) is 4.79 Å². The molecule has 0 unspecified atom stereocenters. The van der Waals surface area contributed by atoms with E-state index in [1.54, 1.807) is 6.33 Å². The Balaban J connectivity index is 1.66. The van der Waals surface area contributed by atoms with Crippen molar-refractivity contribution in [1.82, 2.24) is 19.9 Å². The number of benzene rings is 1. The Hall–Kier alpha value is -3.09. The van der Waals surface area contributed by atoms with E-state index in [0.29, 0.717) is 12.2 Å². The summed E-state index contributed by atoms with van der Waals surface area (Å²) in [6.07, 6.45) is 1.78. The van der Waals surface area contributed by atoms with Crippen LogP contribution in [0.15, 0.2) is 36.7 Å². The van der Waals surface area contributed by atoms with Crippen molar-refractivity contribution in [3.63, 3.8) is 0 Å². The van der Waals surface area contributed by atoms with Gasteiger partial charge in [-0.25, -0.2) is 14.8 Å². The highest BCUT2D eigenvalue weighted by atomic mass is 16.2. The van der Waals surface area contributed by atoms with Crippen LogP contribution >= 0.6 is 0 Å². The highest BCUT2D eigenvalue weighted by Gasteiger charge is 2.10. The summed E-state index contributed by atoms with van der Waals surface area (Å²) in [4.78, 5) is 22.9. The van der Waals surface area contributed by atoms with Gasteiger partial charge in [0.05, 0.1) is 23.0 Å². The lowest BCUT2D eigenvalue weighted by atomic mass is 10.2. The molecule has 3 aromatic rings. The fourth-order valence-corrected chi connectivity index (χ4v) is 2.62. The van der Waals surface area contributed by atoms with Crippen LogP contribution in [0.2, 0.25) is 0 Å². The predicted molar refractivity (Wildman–Crippen MR) is 99.9 cm³/mol. The number of hydrogen-bond acceptors (Lipinski definition) is 4. The van der Waals surface area contributed by atoms with Crippen LogP contribution in [0.25, 0.3) is 11.0 Å². The fourth-order valence-electron chi connectivity index (χ4n) is 2.62. The number of urea groups is 1. The van der Waals surface area contributed by atoms with Gasteiger partial charge in [0.15, 0.2) is 5.82 Å². The zero-order valence-electron chi connectivity index (χ0n) is 14.9. The van der Waals surface area contributed by atoms with Crippen molar-refractivity contribution < 1.29 is 4.79 Å². The molecule has 2 N–H and O–H groups in total. The van der Waals surface area contributed by atoms with Crippen LogP contribution in [-0.2, 0) is 13.6 Å². The SMILES string of the molecule is Cc1ccc(NC(=O)NCc2ccc3c(c2)ncn3C)c(N(C)C)n1. The van der Waals surface area contributed by atoms with Crippen molar-refractivity contribution >= 4 is 28.6 Å². The maximum atomic E-state index is 12.2. The number of aryl methyl sites for hydroxylation is 2. The quantitative estimate of drug-likeness (QED) is 0.767. The minimum absolute atomic E-state index is 0.269. The minimum atomic E-state index is -0.269. The third-order valence-corrected chi connectivity index (χ3v) is 3.93. The van der Waals surface area contributed by atoms with Gasteiger partial charge < -0.3 is 20.1 Å². The molecule has 130 valence electrons. The number of nitrogens with zero attached hydrogens (tertiary/aromatic N) is 4. The van der Waals surface area contributed by atoms with Crippen LogP contribution in [0.5, 0.6) is 0 Å². The Morgan fingerprint density at radius 3 is 2.80 bits per heavy atom. The van der Waals surface area contributed by atoms with Crippen LogP contribution < -0.4 is 15.5 Å². The summed E-state index contributed by atoms with van der Waals surface area (Å²) in [7, 11) is 5.75. The summed E-state index contributed by atoms with van der Waals surface area (Å²) < 4.78 is 1.96. The Kier molecular flexibility index (Phi) is 4.56. The van der Waals surface area contributed by atoms with E-state index in [4.69, 9.17) is 0 Å². The molecular formula is C18H22N6O. The number of anilines is 2. The molecular weight excluding hydrogens is 316 g/mol. The number of carbonyl (C=O) groups excluding carboxylic acids is 1. The number of pyridine rings is 1. The van der Waals surface area contributed by atoms with E-state index in [-0.39, 0.29) is 6.03 Å². The second kappa shape index (κ2) is 6.80. The number of fused-ring (bicyclic) bond motifs is 1. The molecule has 0 atom stereocenters. The van der Waals surface area contributed by atoms with Crippen LogP contribution in [0, 0.1) is 6.92 Å². The van der Waals surface area contributed by atoms with Gasteiger partial charge in [-0.3, -0.25) is 0 Å². The molecule has 0 aliphatic carbocycles. The molecule has 0 aliphatic heterocycles. The predicted octanol–water partition coefficient (Wildman–Crippen LogP) is 2.66. The van der Waals surface area contributed by atoms with Gasteiger partial charge in [-0.1, -0.05) is 6.07 Å². The maximum Gasteiger partial charge on any atom is 0.319 e. The first-order chi connectivity index (χ1) is 11.9. The van der Waals surface area contributed by atoms with Gasteiger partial charge in [0, 0.05) is 33.4 Å². The highest BCUT2D eigenvalue weighted by Crippen LogP contribution is 2.21. The maximum absolute atomic E-state index is 12.2.